The van der Waals surface area contributed by atoms with Crippen LogP contribution < -0.4 is 16.0 Å². The van der Waals surface area contributed by atoms with Crippen molar-refractivity contribution < 1.29 is 12.8 Å². The number of hydrogen-bond acceptors (Lipinski definition) is 7. The first-order valence-electron chi connectivity index (χ1n) is 10.2. The van der Waals surface area contributed by atoms with Crippen LogP contribution in [0.15, 0.2) is 28.6 Å². The van der Waals surface area contributed by atoms with E-state index in [9.17, 15) is 12.8 Å². The number of anilines is 1. The third kappa shape index (κ3) is 6.62. The number of benzene rings is 1. The number of nitrogens with one attached hydrogen (secondary N) is 3. The average molecular weight is 475 g/mol. The molecule has 30 heavy (non-hydrogen) atoms. The number of rotatable bonds is 11. The number of sulfone groups is 1. The lowest BCUT2D eigenvalue weighted by Crippen LogP contribution is -2.38. The quantitative estimate of drug-likeness (QED) is 0.429. The molecule has 1 fully saturated rings. The van der Waals surface area contributed by atoms with Crippen molar-refractivity contribution in [1.29, 1.82) is 0 Å². The molecule has 2 heterocycles. The molecule has 0 spiro atoms. The van der Waals surface area contributed by atoms with Gasteiger partial charge < -0.3 is 16.0 Å². The molecule has 0 bridgehead atoms. The van der Waals surface area contributed by atoms with Crippen LogP contribution in [0, 0.1) is 5.82 Å². The van der Waals surface area contributed by atoms with E-state index in [4.69, 9.17) is 11.6 Å². The molecule has 1 aliphatic heterocycles. The molecule has 1 saturated heterocycles. The molecule has 1 aliphatic rings. The number of thiazole rings is 1. The monoisotopic (exact) mass is 474 g/mol. The second-order valence-corrected chi connectivity index (χ2v) is 11.0. The fourth-order valence-corrected chi connectivity index (χ4v) is 6.12. The van der Waals surface area contributed by atoms with Crippen LogP contribution in [0.4, 0.5) is 10.1 Å². The Kier molecular flexibility index (Phi) is 8.47. The molecule has 0 aliphatic carbocycles. The summed E-state index contributed by atoms with van der Waals surface area (Å²) in [4.78, 5) is 3.56. The van der Waals surface area contributed by atoms with Gasteiger partial charge in [0.25, 0.3) is 0 Å². The zero-order chi connectivity index (χ0) is 21.6. The molecular weight excluding hydrogens is 447 g/mol. The summed E-state index contributed by atoms with van der Waals surface area (Å²) in [7, 11) is -3.86. The fraction of sp³-hybridized carbons (Fsp3) is 0.550. The molecule has 3 rings (SSSR count). The lowest BCUT2D eigenvalue weighted by atomic mass is 10.1. The largest absolute Gasteiger partial charge is 0.384 e. The van der Waals surface area contributed by atoms with Crippen LogP contribution in [0.1, 0.15) is 37.6 Å². The van der Waals surface area contributed by atoms with E-state index >= 15 is 0 Å². The minimum Gasteiger partial charge on any atom is -0.384 e. The molecule has 1 aromatic heterocycles. The van der Waals surface area contributed by atoms with Gasteiger partial charge in [0.1, 0.15) is 21.5 Å². The van der Waals surface area contributed by atoms with Crippen LogP contribution in [-0.4, -0.2) is 45.1 Å². The molecule has 3 N–H and O–H groups in total. The van der Waals surface area contributed by atoms with E-state index in [1.807, 2.05) is 0 Å². The topological polar surface area (TPSA) is 83.1 Å². The van der Waals surface area contributed by atoms with Crippen molar-refractivity contribution >= 4 is 38.5 Å². The summed E-state index contributed by atoms with van der Waals surface area (Å²) in [5, 5.41) is 12.4. The first-order valence-corrected chi connectivity index (χ1v) is 13.1. The second kappa shape index (κ2) is 10.9. The zero-order valence-corrected chi connectivity index (χ0v) is 19.3. The summed E-state index contributed by atoms with van der Waals surface area (Å²) >= 11 is 7.44. The van der Waals surface area contributed by atoms with Crippen molar-refractivity contribution in [1.82, 2.24) is 15.6 Å². The smallest absolute Gasteiger partial charge is 0.187 e. The van der Waals surface area contributed by atoms with Gasteiger partial charge >= 0.3 is 0 Å². The van der Waals surface area contributed by atoms with Gasteiger partial charge in [-0.15, -0.1) is 11.3 Å². The summed E-state index contributed by atoms with van der Waals surface area (Å²) in [5.74, 6) is -1.15. The highest BCUT2D eigenvalue weighted by Gasteiger charge is 2.23. The molecule has 0 unspecified atom stereocenters. The summed E-state index contributed by atoms with van der Waals surface area (Å²) in [6, 6.07) is 3.29. The Labute approximate surface area is 186 Å². The SMILES string of the molecule is C[C@@H](CCCNc1cc(F)c(S(=O)(=O)Cc2nccs2)cc1Cl)NC[C@@H]1CCCN1. The van der Waals surface area contributed by atoms with Gasteiger partial charge in [0.2, 0.25) is 0 Å². The van der Waals surface area contributed by atoms with Crippen LogP contribution >= 0.6 is 22.9 Å². The molecule has 166 valence electrons. The normalized spacial score (nSPS) is 17.9. The van der Waals surface area contributed by atoms with Crippen LogP contribution in [0.25, 0.3) is 0 Å². The highest BCUT2D eigenvalue weighted by atomic mass is 35.5. The first-order chi connectivity index (χ1) is 14.3. The zero-order valence-electron chi connectivity index (χ0n) is 17.0. The minimum absolute atomic E-state index is 0.188. The molecule has 2 atom stereocenters. The van der Waals surface area contributed by atoms with Gasteiger partial charge in [-0.3, -0.25) is 0 Å². The van der Waals surface area contributed by atoms with Crippen LogP contribution in [0.3, 0.4) is 0 Å². The first kappa shape index (κ1) is 23.4. The van der Waals surface area contributed by atoms with Gasteiger partial charge in [-0.1, -0.05) is 11.6 Å². The fourth-order valence-electron chi connectivity index (χ4n) is 3.47. The molecule has 0 saturated carbocycles. The van der Waals surface area contributed by atoms with Crippen molar-refractivity contribution in [2.24, 2.45) is 0 Å². The van der Waals surface area contributed by atoms with Crippen molar-refractivity contribution in [3.05, 3.63) is 39.6 Å². The van der Waals surface area contributed by atoms with Gasteiger partial charge in [0.05, 0.1) is 10.7 Å². The molecule has 10 heteroatoms. The van der Waals surface area contributed by atoms with Gasteiger partial charge in [-0.25, -0.2) is 17.8 Å². The van der Waals surface area contributed by atoms with Crippen molar-refractivity contribution in [2.75, 3.05) is 25.0 Å². The highest BCUT2D eigenvalue weighted by Crippen LogP contribution is 2.30. The van der Waals surface area contributed by atoms with Gasteiger partial charge in [0.15, 0.2) is 9.84 Å². The maximum Gasteiger partial charge on any atom is 0.187 e. The summed E-state index contributed by atoms with van der Waals surface area (Å²) in [5.41, 5.74) is 0.401. The van der Waals surface area contributed by atoms with E-state index in [0.717, 1.165) is 32.0 Å². The second-order valence-electron chi connectivity index (χ2n) is 7.62. The molecule has 0 amide bonds. The molecule has 2 aromatic rings. The third-order valence-corrected chi connectivity index (χ3v) is 8.07. The lowest BCUT2D eigenvalue weighted by molar-refractivity contribution is 0.456. The summed E-state index contributed by atoms with van der Waals surface area (Å²) in [6.45, 7) is 4.86. The molecule has 0 radical (unpaired) electrons. The summed E-state index contributed by atoms with van der Waals surface area (Å²) in [6.07, 6.45) is 5.84. The number of halogens is 2. The van der Waals surface area contributed by atoms with E-state index in [-0.39, 0.29) is 10.8 Å². The van der Waals surface area contributed by atoms with Crippen LogP contribution in [0.5, 0.6) is 0 Å². The third-order valence-electron chi connectivity index (χ3n) is 5.16. The van der Waals surface area contributed by atoms with E-state index < -0.39 is 20.5 Å². The molecule has 6 nitrogen and oxygen atoms in total. The minimum atomic E-state index is -3.86. The standard InChI is InChI=1S/C20H28ClFN4O2S2/c1-14(26-12-15-5-3-6-23-15)4-2-7-24-18-11-17(22)19(10-16(18)21)30(27,28)13-20-25-8-9-29-20/h8-11,14-15,23-24,26H,2-7,12-13H2,1H3/t14-,15-/m0/s1. The Balaban J connectivity index is 1.49. The van der Waals surface area contributed by atoms with E-state index in [0.29, 0.717) is 29.3 Å². The predicted molar refractivity (Wildman–Crippen MR) is 121 cm³/mol. The maximum absolute atomic E-state index is 14.5. The average Bonchev–Trinajstić information content (AvgIpc) is 3.39. The Hall–Kier alpha value is -1.26. The van der Waals surface area contributed by atoms with Gasteiger partial charge in [0, 0.05) is 36.8 Å². The summed E-state index contributed by atoms with van der Waals surface area (Å²) < 4.78 is 39.6. The van der Waals surface area contributed by atoms with E-state index in [2.05, 4.69) is 27.9 Å². The van der Waals surface area contributed by atoms with E-state index in [1.54, 1.807) is 5.38 Å². The van der Waals surface area contributed by atoms with Crippen molar-refractivity contribution in [3.63, 3.8) is 0 Å². The Morgan fingerprint density at radius 1 is 1.43 bits per heavy atom. The Bertz CT molecular complexity index is 919. The van der Waals surface area contributed by atoms with E-state index in [1.165, 1.54) is 36.4 Å². The molecule has 1 aromatic carbocycles. The van der Waals surface area contributed by atoms with Gasteiger partial charge in [-0.2, -0.15) is 0 Å². The Morgan fingerprint density at radius 3 is 2.97 bits per heavy atom. The number of hydrogen-bond donors (Lipinski definition) is 3. The maximum atomic E-state index is 14.5. The lowest BCUT2D eigenvalue weighted by Gasteiger charge is -2.18. The van der Waals surface area contributed by atoms with Crippen molar-refractivity contribution in [3.8, 4) is 0 Å². The predicted octanol–water partition coefficient (Wildman–Crippen LogP) is 3.83. The number of aromatic nitrogens is 1. The highest BCUT2D eigenvalue weighted by molar-refractivity contribution is 7.90. The van der Waals surface area contributed by atoms with Gasteiger partial charge in [-0.05, 0) is 51.3 Å². The van der Waals surface area contributed by atoms with Crippen LogP contribution in [0.2, 0.25) is 5.02 Å². The Morgan fingerprint density at radius 2 is 2.27 bits per heavy atom. The number of nitrogens with zero attached hydrogens (tertiary/aromatic N) is 1. The molecular formula is C20H28ClFN4O2S2. The van der Waals surface area contributed by atoms with Crippen molar-refractivity contribution in [2.45, 2.75) is 55.3 Å². The van der Waals surface area contributed by atoms with Crippen LogP contribution in [-0.2, 0) is 15.6 Å².